The van der Waals surface area contributed by atoms with Crippen LogP contribution in [0.4, 0.5) is 11.9 Å². The summed E-state index contributed by atoms with van der Waals surface area (Å²) >= 11 is 0. The van der Waals surface area contributed by atoms with Gasteiger partial charge < -0.3 is 20.5 Å². The van der Waals surface area contributed by atoms with Gasteiger partial charge in [0, 0.05) is 6.61 Å². The van der Waals surface area contributed by atoms with Crippen LogP contribution in [0.3, 0.4) is 0 Å². The van der Waals surface area contributed by atoms with Gasteiger partial charge in [-0.25, -0.2) is 0 Å². The van der Waals surface area contributed by atoms with Crippen molar-refractivity contribution >= 4 is 11.9 Å². The molecule has 1 saturated carbocycles. The van der Waals surface area contributed by atoms with Crippen molar-refractivity contribution in [1.82, 2.24) is 15.0 Å². The molecule has 2 aliphatic rings. The zero-order valence-corrected chi connectivity index (χ0v) is 11.9. The fraction of sp³-hybridized carbons (Fsp3) is 0.769. The molecule has 2 unspecified atom stereocenters. The Morgan fingerprint density at radius 1 is 1.25 bits per heavy atom. The van der Waals surface area contributed by atoms with E-state index in [2.05, 4.69) is 20.3 Å². The number of nitrogen functional groups attached to an aromatic ring is 1. The molecule has 2 fully saturated rings. The van der Waals surface area contributed by atoms with Crippen molar-refractivity contribution in [3.8, 4) is 6.01 Å². The zero-order valence-electron chi connectivity index (χ0n) is 11.9. The Balaban J connectivity index is 1.71. The van der Waals surface area contributed by atoms with Crippen LogP contribution < -0.4 is 15.8 Å². The van der Waals surface area contributed by atoms with E-state index in [0.717, 1.165) is 13.0 Å². The van der Waals surface area contributed by atoms with Gasteiger partial charge >= 0.3 is 6.01 Å². The van der Waals surface area contributed by atoms with Crippen molar-refractivity contribution < 1.29 is 9.47 Å². The highest BCUT2D eigenvalue weighted by Crippen LogP contribution is 2.39. The van der Waals surface area contributed by atoms with Crippen LogP contribution in [0, 0.1) is 5.92 Å². The van der Waals surface area contributed by atoms with E-state index >= 15 is 0 Å². The lowest BCUT2D eigenvalue weighted by Gasteiger charge is -2.19. The van der Waals surface area contributed by atoms with Crippen LogP contribution in [-0.2, 0) is 4.74 Å². The van der Waals surface area contributed by atoms with E-state index < -0.39 is 0 Å². The molecular formula is C13H21N5O2. The predicted octanol–water partition coefficient (Wildman–Crippen LogP) is 1.22. The lowest BCUT2D eigenvalue weighted by atomic mass is 10.1. The topological polar surface area (TPSA) is 95.2 Å². The highest BCUT2D eigenvalue weighted by Gasteiger charge is 2.40. The maximum atomic E-state index is 5.79. The molecule has 2 atom stereocenters. The van der Waals surface area contributed by atoms with E-state index in [0.29, 0.717) is 11.9 Å². The van der Waals surface area contributed by atoms with Crippen molar-refractivity contribution in [3.05, 3.63) is 0 Å². The molecule has 2 heterocycles. The van der Waals surface area contributed by atoms with E-state index in [4.69, 9.17) is 15.2 Å². The van der Waals surface area contributed by atoms with Crippen molar-refractivity contribution in [3.63, 3.8) is 0 Å². The average molecular weight is 279 g/mol. The standard InChI is InChI=1S/C13H21N5O2/c1-7(2)20-13-17-11(14)16-12(18-13)15-9-5-6-19-10(9)8-3-4-8/h7-10H,3-6H2,1-2H3,(H3,14,15,16,17,18). The summed E-state index contributed by atoms with van der Waals surface area (Å²) in [5.41, 5.74) is 5.70. The van der Waals surface area contributed by atoms with E-state index in [1.54, 1.807) is 0 Å². The number of nitrogens with one attached hydrogen (secondary N) is 1. The van der Waals surface area contributed by atoms with Gasteiger partial charge in [-0.15, -0.1) is 0 Å². The maximum absolute atomic E-state index is 5.79. The van der Waals surface area contributed by atoms with Gasteiger partial charge in [-0.3, -0.25) is 0 Å². The number of rotatable bonds is 5. The van der Waals surface area contributed by atoms with Crippen LogP contribution in [-0.4, -0.2) is 39.8 Å². The molecule has 1 aliphatic carbocycles. The molecule has 1 aliphatic heterocycles. The zero-order chi connectivity index (χ0) is 14.1. The van der Waals surface area contributed by atoms with Gasteiger partial charge in [0.2, 0.25) is 11.9 Å². The first-order valence-electron chi connectivity index (χ1n) is 7.18. The number of ether oxygens (including phenoxy) is 2. The number of nitrogens with two attached hydrogens (primary N) is 1. The molecule has 0 spiro atoms. The lowest BCUT2D eigenvalue weighted by molar-refractivity contribution is 0.0897. The van der Waals surface area contributed by atoms with Crippen molar-refractivity contribution in [2.24, 2.45) is 5.92 Å². The second kappa shape index (κ2) is 5.40. The Labute approximate surface area is 118 Å². The normalized spacial score (nSPS) is 25.9. The minimum absolute atomic E-state index is 0.00123. The third kappa shape index (κ3) is 3.09. The second-order valence-corrected chi connectivity index (χ2v) is 5.68. The Morgan fingerprint density at radius 2 is 2.05 bits per heavy atom. The van der Waals surface area contributed by atoms with Crippen LogP contribution in [0.1, 0.15) is 33.1 Å². The molecular weight excluding hydrogens is 258 g/mol. The third-order valence-electron chi connectivity index (χ3n) is 3.51. The highest BCUT2D eigenvalue weighted by molar-refractivity contribution is 5.34. The van der Waals surface area contributed by atoms with E-state index in [1.165, 1.54) is 12.8 Å². The fourth-order valence-corrected chi connectivity index (χ4v) is 2.52. The van der Waals surface area contributed by atoms with Crippen LogP contribution in [0.25, 0.3) is 0 Å². The first kappa shape index (κ1) is 13.4. The largest absolute Gasteiger partial charge is 0.461 e. The Hall–Kier alpha value is -1.63. The summed E-state index contributed by atoms with van der Waals surface area (Å²) < 4.78 is 11.3. The first-order chi connectivity index (χ1) is 9.61. The lowest BCUT2D eigenvalue weighted by Crippen LogP contribution is -2.32. The predicted molar refractivity (Wildman–Crippen MR) is 74.5 cm³/mol. The minimum Gasteiger partial charge on any atom is -0.461 e. The molecule has 1 aromatic rings. The molecule has 7 nitrogen and oxygen atoms in total. The Morgan fingerprint density at radius 3 is 2.75 bits per heavy atom. The summed E-state index contributed by atoms with van der Waals surface area (Å²) in [6.07, 6.45) is 3.74. The summed E-state index contributed by atoms with van der Waals surface area (Å²) in [5.74, 6) is 1.31. The maximum Gasteiger partial charge on any atom is 0.323 e. The molecule has 20 heavy (non-hydrogen) atoms. The molecule has 1 aromatic heterocycles. The molecule has 0 amide bonds. The number of nitrogens with zero attached hydrogens (tertiary/aromatic N) is 3. The molecule has 0 radical (unpaired) electrons. The SMILES string of the molecule is CC(C)Oc1nc(N)nc(NC2CCOC2C2CC2)n1. The Bertz CT molecular complexity index is 478. The average Bonchev–Trinajstić information content (AvgIpc) is 3.09. The highest BCUT2D eigenvalue weighted by atomic mass is 16.5. The fourth-order valence-electron chi connectivity index (χ4n) is 2.52. The van der Waals surface area contributed by atoms with Crippen LogP contribution in [0.2, 0.25) is 0 Å². The summed E-state index contributed by atoms with van der Waals surface area (Å²) in [6.45, 7) is 4.62. The quantitative estimate of drug-likeness (QED) is 0.836. The number of hydrogen-bond donors (Lipinski definition) is 2. The van der Waals surface area contributed by atoms with Gasteiger partial charge in [0.25, 0.3) is 0 Å². The molecule has 0 aromatic carbocycles. The minimum atomic E-state index is -0.00123. The molecule has 110 valence electrons. The smallest absolute Gasteiger partial charge is 0.323 e. The van der Waals surface area contributed by atoms with E-state index in [9.17, 15) is 0 Å². The first-order valence-corrected chi connectivity index (χ1v) is 7.18. The van der Waals surface area contributed by atoms with E-state index in [-0.39, 0.29) is 30.2 Å². The van der Waals surface area contributed by atoms with Gasteiger partial charge in [-0.1, -0.05) is 0 Å². The number of hydrogen-bond acceptors (Lipinski definition) is 7. The van der Waals surface area contributed by atoms with Gasteiger partial charge in [0.05, 0.1) is 18.2 Å². The number of aromatic nitrogens is 3. The van der Waals surface area contributed by atoms with Gasteiger partial charge in [-0.2, -0.15) is 15.0 Å². The van der Waals surface area contributed by atoms with Crippen molar-refractivity contribution in [2.75, 3.05) is 17.7 Å². The summed E-state index contributed by atoms with van der Waals surface area (Å²) in [7, 11) is 0. The molecule has 0 bridgehead atoms. The van der Waals surface area contributed by atoms with Gasteiger partial charge in [-0.05, 0) is 39.0 Å². The molecule has 7 heteroatoms. The van der Waals surface area contributed by atoms with Crippen molar-refractivity contribution in [1.29, 1.82) is 0 Å². The van der Waals surface area contributed by atoms with Gasteiger partial charge in [0.15, 0.2) is 0 Å². The van der Waals surface area contributed by atoms with Crippen LogP contribution in [0.5, 0.6) is 6.01 Å². The monoisotopic (exact) mass is 279 g/mol. The Kier molecular flexibility index (Phi) is 3.60. The van der Waals surface area contributed by atoms with E-state index in [1.807, 2.05) is 13.8 Å². The summed E-state index contributed by atoms with van der Waals surface area (Å²) in [6, 6.07) is 0.507. The van der Waals surface area contributed by atoms with Crippen LogP contribution in [0.15, 0.2) is 0 Å². The van der Waals surface area contributed by atoms with Gasteiger partial charge in [0.1, 0.15) is 0 Å². The van der Waals surface area contributed by atoms with Crippen LogP contribution >= 0.6 is 0 Å². The summed E-state index contributed by atoms with van der Waals surface area (Å²) in [4.78, 5) is 12.4. The second-order valence-electron chi connectivity index (χ2n) is 5.68. The molecule has 3 N–H and O–H groups in total. The number of anilines is 2. The third-order valence-corrected chi connectivity index (χ3v) is 3.51. The summed E-state index contributed by atoms with van der Waals surface area (Å²) in [5, 5.41) is 3.32. The molecule has 1 saturated heterocycles. The molecule has 3 rings (SSSR count). The van der Waals surface area contributed by atoms with Crippen molar-refractivity contribution in [2.45, 2.75) is 51.4 Å².